The summed E-state index contributed by atoms with van der Waals surface area (Å²) in [7, 11) is 0. The first kappa shape index (κ1) is 22.8. The summed E-state index contributed by atoms with van der Waals surface area (Å²) in [5.41, 5.74) is 1.21. The van der Waals surface area contributed by atoms with Crippen molar-refractivity contribution in [1.82, 2.24) is 14.3 Å². The second-order valence-electron chi connectivity index (χ2n) is 8.60. The lowest BCUT2D eigenvalue weighted by Gasteiger charge is -2.32. The van der Waals surface area contributed by atoms with E-state index in [-0.39, 0.29) is 0 Å². The Balaban J connectivity index is 1.21. The van der Waals surface area contributed by atoms with Crippen LogP contribution in [0.3, 0.4) is 0 Å². The number of anilines is 1. The van der Waals surface area contributed by atoms with E-state index in [1.807, 2.05) is 24.3 Å². The van der Waals surface area contributed by atoms with Gasteiger partial charge in [0.05, 0.1) is 0 Å². The predicted molar refractivity (Wildman–Crippen MR) is 123 cm³/mol. The molecule has 0 atom stereocenters. The van der Waals surface area contributed by atoms with Crippen LogP contribution >= 0.6 is 11.9 Å². The molecular formula is C23H40N4OS. The Bertz CT molecular complexity index is 555. The molecule has 0 saturated carbocycles. The molecular weight excluding hydrogens is 380 g/mol. The largest absolute Gasteiger partial charge is 0.381 e. The highest BCUT2D eigenvalue weighted by atomic mass is 32.2. The van der Waals surface area contributed by atoms with E-state index in [0.717, 1.165) is 50.5 Å². The van der Waals surface area contributed by atoms with Gasteiger partial charge in [0.25, 0.3) is 0 Å². The van der Waals surface area contributed by atoms with Crippen LogP contribution in [0.25, 0.3) is 0 Å². The van der Waals surface area contributed by atoms with Crippen LogP contribution in [0.5, 0.6) is 0 Å². The number of rotatable bonds is 11. The quantitative estimate of drug-likeness (QED) is 0.377. The van der Waals surface area contributed by atoms with Crippen LogP contribution in [0.1, 0.15) is 64.4 Å². The van der Waals surface area contributed by atoms with Gasteiger partial charge in [0.15, 0.2) is 0 Å². The van der Waals surface area contributed by atoms with Crippen LogP contribution in [0.15, 0.2) is 12.4 Å². The minimum atomic E-state index is 0.774. The van der Waals surface area contributed by atoms with E-state index >= 15 is 0 Å². The molecule has 0 spiro atoms. The molecule has 0 amide bonds. The first-order valence-electron chi connectivity index (χ1n) is 11.8. The molecule has 0 radical (unpaired) electrons. The number of nitrogens with zero attached hydrogens (tertiary/aromatic N) is 4. The molecule has 2 aliphatic rings. The summed E-state index contributed by atoms with van der Waals surface area (Å²) in [4.78, 5) is 11.4. The van der Waals surface area contributed by atoms with E-state index in [1.54, 1.807) is 0 Å². The highest BCUT2D eigenvalue weighted by Gasteiger charge is 2.21. The van der Waals surface area contributed by atoms with Gasteiger partial charge in [-0.3, -0.25) is 4.31 Å². The van der Waals surface area contributed by atoms with Crippen LogP contribution < -0.4 is 4.90 Å². The minimum absolute atomic E-state index is 0.774. The first-order chi connectivity index (χ1) is 14.3. The van der Waals surface area contributed by atoms with Crippen molar-refractivity contribution in [3.8, 4) is 0 Å². The number of ether oxygens (including phenoxy) is 1. The van der Waals surface area contributed by atoms with Crippen molar-refractivity contribution in [3.05, 3.63) is 18.0 Å². The molecule has 3 heterocycles. The average Bonchev–Trinajstić information content (AvgIpc) is 2.79. The summed E-state index contributed by atoms with van der Waals surface area (Å²) in [5.74, 6) is 3.78. The van der Waals surface area contributed by atoms with Crippen molar-refractivity contribution >= 4 is 17.9 Å². The molecule has 164 valence electrons. The van der Waals surface area contributed by atoms with Crippen LogP contribution in [0, 0.1) is 11.8 Å². The van der Waals surface area contributed by atoms with Gasteiger partial charge in [0, 0.05) is 57.5 Å². The molecule has 0 N–H and O–H groups in total. The standard InChI is InChI=1S/C23H40N4OS/c1-3-16-29-27-13-9-22(10-14-27)19-28-15-5-6-21-7-11-26(12-8-21)23-24-17-20(4-2)18-25-23/h17-18,21-22H,3-16,19H2,1-2H3. The zero-order valence-corrected chi connectivity index (χ0v) is 19.3. The molecule has 2 aliphatic heterocycles. The van der Waals surface area contributed by atoms with E-state index in [4.69, 9.17) is 4.74 Å². The van der Waals surface area contributed by atoms with E-state index < -0.39 is 0 Å². The molecule has 0 bridgehead atoms. The normalized spacial score (nSPS) is 19.7. The van der Waals surface area contributed by atoms with E-state index in [9.17, 15) is 0 Å². The van der Waals surface area contributed by atoms with Crippen molar-refractivity contribution < 1.29 is 4.74 Å². The smallest absolute Gasteiger partial charge is 0.225 e. The van der Waals surface area contributed by atoms with Gasteiger partial charge in [-0.2, -0.15) is 0 Å². The van der Waals surface area contributed by atoms with Gasteiger partial charge in [0.2, 0.25) is 5.95 Å². The predicted octanol–water partition coefficient (Wildman–Crippen LogP) is 4.82. The van der Waals surface area contributed by atoms with E-state index in [2.05, 4.69) is 33.0 Å². The fourth-order valence-electron chi connectivity index (χ4n) is 4.26. The van der Waals surface area contributed by atoms with Crippen LogP contribution in [0.4, 0.5) is 5.95 Å². The lowest BCUT2D eigenvalue weighted by atomic mass is 9.92. The molecule has 2 fully saturated rings. The van der Waals surface area contributed by atoms with Gasteiger partial charge >= 0.3 is 0 Å². The fraction of sp³-hybridized carbons (Fsp3) is 0.826. The number of piperidine rings is 2. The maximum Gasteiger partial charge on any atom is 0.225 e. The van der Waals surface area contributed by atoms with Crippen LogP contribution in [-0.4, -0.2) is 59.4 Å². The molecule has 0 unspecified atom stereocenters. The number of aryl methyl sites for hydroxylation is 1. The summed E-state index contributed by atoms with van der Waals surface area (Å²) < 4.78 is 8.59. The Labute approximate surface area is 182 Å². The Hall–Kier alpha value is -0.850. The van der Waals surface area contributed by atoms with Gasteiger partial charge in [-0.05, 0) is 68.8 Å². The zero-order chi connectivity index (χ0) is 20.3. The Morgan fingerprint density at radius 2 is 1.69 bits per heavy atom. The maximum atomic E-state index is 6.04. The molecule has 1 aromatic heterocycles. The molecule has 29 heavy (non-hydrogen) atoms. The topological polar surface area (TPSA) is 41.5 Å². The Morgan fingerprint density at radius 1 is 1.00 bits per heavy atom. The summed E-state index contributed by atoms with van der Waals surface area (Å²) in [6, 6.07) is 0. The summed E-state index contributed by atoms with van der Waals surface area (Å²) in [5, 5.41) is 0. The van der Waals surface area contributed by atoms with Crippen molar-refractivity contribution in [2.45, 2.75) is 65.2 Å². The van der Waals surface area contributed by atoms with Gasteiger partial charge < -0.3 is 9.64 Å². The number of hydrogen-bond donors (Lipinski definition) is 0. The van der Waals surface area contributed by atoms with Gasteiger partial charge in [-0.25, -0.2) is 9.97 Å². The zero-order valence-electron chi connectivity index (χ0n) is 18.5. The summed E-state index contributed by atoms with van der Waals surface area (Å²) >= 11 is 2.03. The van der Waals surface area contributed by atoms with Crippen LogP contribution in [0.2, 0.25) is 0 Å². The SMILES string of the molecule is CCCSN1CCC(COCCCC2CCN(c3ncc(CC)cn3)CC2)CC1. The number of aromatic nitrogens is 2. The molecule has 1 aromatic rings. The van der Waals surface area contributed by atoms with E-state index in [0.29, 0.717) is 0 Å². The third-order valence-electron chi connectivity index (χ3n) is 6.30. The van der Waals surface area contributed by atoms with Crippen molar-refractivity contribution in [2.75, 3.05) is 50.0 Å². The maximum absolute atomic E-state index is 6.04. The second-order valence-corrected chi connectivity index (χ2v) is 9.78. The highest BCUT2D eigenvalue weighted by molar-refractivity contribution is 7.97. The lowest BCUT2D eigenvalue weighted by molar-refractivity contribution is 0.0756. The third kappa shape index (κ3) is 7.72. The summed E-state index contributed by atoms with van der Waals surface area (Å²) in [6.07, 6.45) is 13.8. The Morgan fingerprint density at radius 3 is 2.34 bits per heavy atom. The first-order valence-corrected chi connectivity index (χ1v) is 12.7. The van der Waals surface area contributed by atoms with Crippen molar-refractivity contribution in [3.63, 3.8) is 0 Å². The fourth-order valence-corrected chi connectivity index (χ4v) is 5.17. The molecule has 6 heteroatoms. The Kier molecular flexibility index (Phi) is 10.0. The van der Waals surface area contributed by atoms with E-state index in [1.165, 1.54) is 69.4 Å². The number of hydrogen-bond acceptors (Lipinski definition) is 6. The van der Waals surface area contributed by atoms with Crippen molar-refractivity contribution in [1.29, 1.82) is 0 Å². The highest BCUT2D eigenvalue weighted by Crippen LogP contribution is 2.25. The second kappa shape index (κ2) is 12.8. The van der Waals surface area contributed by atoms with Gasteiger partial charge in [0.1, 0.15) is 0 Å². The lowest BCUT2D eigenvalue weighted by Crippen LogP contribution is -2.35. The molecule has 5 nitrogen and oxygen atoms in total. The van der Waals surface area contributed by atoms with Crippen LogP contribution in [-0.2, 0) is 11.2 Å². The molecule has 0 aromatic carbocycles. The molecule has 3 rings (SSSR count). The van der Waals surface area contributed by atoms with Crippen molar-refractivity contribution in [2.24, 2.45) is 11.8 Å². The van der Waals surface area contributed by atoms with Gasteiger partial charge in [-0.15, -0.1) is 0 Å². The monoisotopic (exact) mass is 420 g/mol. The average molecular weight is 421 g/mol. The molecule has 2 saturated heterocycles. The summed E-state index contributed by atoms with van der Waals surface area (Å²) in [6.45, 7) is 11.0. The minimum Gasteiger partial charge on any atom is -0.381 e. The molecule has 0 aliphatic carbocycles. The third-order valence-corrected chi connectivity index (χ3v) is 7.62. The van der Waals surface area contributed by atoms with Gasteiger partial charge in [-0.1, -0.05) is 25.8 Å².